The van der Waals surface area contributed by atoms with Crippen LogP contribution in [0.3, 0.4) is 0 Å². The highest BCUT2D eigenvalue weighted by atomic mass is 19.1. The molecule has 0 spiro atoms. The molecule has 1 N–H and O–H groups in total. The summed E-state index contributed by atoms with van der Waals surface area (Å²) < 4.78 is 25.9. The molecule has 1 aliphatic rings. The van der Waals surface area contributed by atoms with E-state index in [1.807, 2.05) is 24.3 Å². The number of carbonyl (C=O) groups excluding carboxylic acids is 1. The number of rotatable bonds is 7. The van der Waals surface area contributed by atoms with Gasteiger partial charge in [0, 0.05) is 42.0 Å². The number of halogens is 1. The van der Waals surface area contributed by atoms with E-state index >= 15 is 0 Å². The number of nitrogens with zero attached hydrogens (tertiary/aromatic N) is 2. The molecule has 31 heavy (non-hydrogen) atoms. The van der Waals surface area contributed by atoms with Gasteiger partial charge in [0.05, 0.1) is 13.2 Å². The van der Waals surface area contributed by atoms with Crippen LogP contribution < -0.4 is 14.4 Å². The molecule has 0 saturated carbocycles. The molecule has 4 rings (SSSR count). The number of ether oxygens (including phenoxy) is 2. The van der Waals surface area contributed by atoms with Crippen LogP contribution in [0.15, 0.2) is 60.8 Å². The molecule has 0 radical (unpaired) electrons. The van der Waals surface area contributed by atoms with Crippen molar-refractivity contribution in [1.82, 2.24) is 4.98 Å². The Morgan fingerprint density at radius 3 is 2.81 bits per heavy atom. The number of hydrogen-bond donors (Lipinski definition) is 1. The molecule has 0 amide bonds. The first-order valence-corrected chi connectivity index (χ1v) is 10.1. The topological polar surface area (TPSA) is 71.9 Å². The van der Waals surface area contributed by atoms with Gasteiger partial charge < -0.3 is 19.5 Å². The first-order chi connectivity index (χ1) is 15.0. The predicted molar refractivity (Wildman–Crippen MR) is 114 cm³/mol. The maximum Gasteiger partial charge on any atom is 0.213 e. The lowest BCUT2D eigenvalue weighted by Gasteiger charge is -2.22. The van der Waals surface area contributed by atoms with Crippen LogP contribution in [0.5, 0.6) is 17.4 Å². The molecule has 3 aromatic rings. The highest BCUT2D eigenvalue weighted by Gasteiger charge is 2.26. The maximum absolute atomic E-state index is 14.3. The molecular formula is C24H23FN2O4. The molecular weight excluding hydrogens is 399 g/mol. The summed E-state index contributed by atoms with van der Waals surface area (Å²) in [5, 5.41) is 9.89. The molecule has 0 bridgehead atoms. The largest absolute Gasteiger partial charge is 0.472 e. The van der Waals surface area contributed by atoms with Crippen molar-refractivity contribution in [3.63, 3.8) is 0 Å². The minimum absolute atomic E-state index is 0.00579. The molecule has 2 aromatic carbocycles. The van der Waals surface area contributed by atoms with Crippen LogP contribution in [0.25, 0.3) is 0 Å². The zero-order valence-corrected chi connectivity index (χ0v) is 17.1. The van der Waals surface area contributed by atoms with E-state index in [0.717, 1.165) is 24.7 Å². The summed E-state index contributed by atoms with van der Waals surface area (Å²) in [4.78, 5) is 17.7. The molecule has 1 atom stereocenters. The van der Waals surface area contributed by atoms with Crippen molar-refractivity contribution in [3.8, 4) is 17.4 Å². The predicted octanol–water partition coefficient (Wildman–Crippen LogP) is 4.37. The normalized spacial score (nSPS) is 15.7. The first-order valence-electron chi connectivity index (χ1n) is 10.1. The Morgan fingerprint density at radius 1 is 1.23 bits per heavy atom. The first kappa shape index (κ1) is 20.8. The highest BCUT2D eigenvalue weighted by molar-refractivity contribution is 5.94. The Labute approximate surface area is 179 Å². The van der Waals surface area contributed by atoms with Crippen LogP contribution >= 0.6 is 0 Å². The van der Waals surface area contributed by atoms with Gasteiger partial charge in [0.25, 0.3) is 0 Å². The van der Waals surface area contributed by atoms with Crippen molar-refractivity contribution in [2.75, 3.05) is 18.0 Å². The molecule has 160 valence electrons. The van der Waals surface area contributed by atoms with Gasteiger partial charge in [-0.05, 0) is 49.4 Å². The smallest absolute Gasteiger partial charge is 0.213 e. The van der Waals surface area contributed by atoms with Crippen molar-refractivity contribution in [1.29, 1.82) is 0 Å². The van der Waals surface area contributed by atoms with Crippen LogP contribution in [0.4, 0.5) is 10.1 Å². The number of pyridine rings is 1. The quantitative estimate of drug-likeness (QED) is 0.571. The number of Topliss-reactive ketones (excluding diaryl/α,β-unsaturated/α-hetero) is 1. The van der Waals surface area contributed by atoms with Crippen LogP contribution in [0.1, 0.15) is 29.3 Å². The Hall–Kier alpha value is -3.45. The van der Waals surface area contributed by atoms with Crippen molar-refractivity contribution < 1.29 is 23.8 Å². The fourth-order valence-corrected chi connectivity index (χ4v) is 3.62. The SMILES string of the molecule is CC(=O)c1ccc(Oc2ccc(N3CC[C@H](Oc4ccccn4)C3)c(CO)c2)c(F)c1. The Bertz CT molecular complexity index is 1070. The summed E-state index contributed by atoms with van der Waals surface area (Å²) in [5.41, 5.74) is 1.85. The van der Waals surface area contributed by atoms with Crippen LogP contribution in [-0.4, -0.2) is 35.1 Å². The zero-order valence-electron chi connectivity index (χ0n) is 17.1. The Balaban J connectivity index is 1.47. The van der Waals surface area contributed by atoms with E-state index in [-0.39, 0.29) is 29.8 Å². The third-order valence-corrected chi connectivity index (χ3v) is 5.20. The van der Waals surface area contributed by atoms with Crippen LogP contribution in [0.2, 0.25) is 0 Å². The summed E-state index contributed by atoms with van der Waals surface area (Å²) in [6.45, 7) is 2.66. The van der Waals surface area contributed by atoms with E-state index < -0.39 is 5.82 Å². The standard InChI is InChI=1S/C24H23FN2O4/c1-16(29)17-5-8-23(21(25)13-17)30-19-6-7-22(18(12-19)15-28)27-11-9-20(14-27)31-24-4-2-3-10-26-24/h2-8,10,12-13,20,28H,9,11,14-15H2,1H3/t20-/m0/s1. The lowest BCUT2D eigenvalue weighted by atomic mass is 10.1. The lowest BCUT2D eigenvalue weighted by Crippen LogP contribution is -2.25. The van der Waals surface area contributed by atoms with Crippen LogP contribution in [-0.2, 0) is 6.61 Å². The van der Waals surface area contributed by atoms with Gasteiger partial charge >= 0.3 is 0 Å². The summed E-state index contributed by atoms with van der Waals surface area (Å²) in [6, 6.07) is 14.9. The number of carbonyl (C=O) groups is 1. The van der Waals surface area contributed by atoms with Gasteiger partial charge in [-0.1, -0.05) is 6.07 Å². The van der Waals surface area contributed by atoms with E-state index in [0.29, 0.717) is 23.7 Å². The number of aromatic nitrogens is 1. The molecule has 1 fully saturated rings. The third-order valence-electron chi connectivity index (χ3n) is 5.20. The average Bonchev–Trinajstić information content (AvgIpc) is 3.23. The molecule has 1 saturated heterocycles. The Morgan fingerprint density at radius 2 is 2.10 bits per heavy atom. The van der Waals surface area contributed by atoms with Crippen molar-refractivity contribution in [2.45, 2.75) is 26.1 Å². The van der Waals surface area contributed by atoms with Crippen molar-refractivity contribution in [3.05, 3.63) is 77.7 Å². The van der Waals surface area contributed by atoms with Gasteiger partial charge in [0.2, 0.25) is 5.88 Å². The zero-order chi connectivity index (χ0) is 21.8. The Kier molecular flexibility index (Phi) is 6.13. The molecule has 1 aromatic heterocycles. The second kappa shape index (κ2) is 9.14. The maximum atomic E-state index is 14.3. The van der Waals surface area contributed by atoms with Crippen molar-refractivity contribution >= 4 is 11.5 Å². The summed E-state index contributed by atoms with van der Waals surface area (Å²) in [5.74, 6) is 0.192. The molecule has 0 unspecified atom stereocenters. The summed E-state index contributed by atoms with van der Waals surface area (Å²) in [7, 11) is 0. The number of aliphatic hydroxyl groups excluding tert-OH is 1. The van der Waals surface area contributed by atoms with Gasteiger partial charge in [0.15, 0.2) is 17.3 Å². The second-order valence-electron chi connectivity index (χ2n) is 7.39. The number of benzene rings is 2. The molecule has 0 aliphatic carbocycles. The number of hydrogen-bond acceptors (Lipinski definition) is 6. The van der Waals surface area contributed by atoms with E-state index in [1.54, 1.807) is 18.3 Å². The minimum atomic E-state index is -0.614. The van der Waals surface area contributed by atoms with Gasteiger partial charge in [-0.15, -0.1) is 0 Å². The average molecular weight is 422 g/mol. The van der Waals surface area contributed by atoms with E-state index in [4.69, 9.17) is 9.47 Å². The second-order valence-corrected chi connectivity index (χ2v) is 7.39. The molecule has 2 heterocycles. The number of ketones is 1. The minimum Gasteiger partial charge on any atom is -0.472 e. The number of aliphatic hydroxyl groups is 1. The van der Waals surface area contributed by atoms with Gasteiger partial charge in [0.1, 0.15) is 11.9 Å². The van der Waals surface area contributed by atoms with E-state index in [1.165, 1.54) is 19.1 Å². The summed E-state index contributed by atoms with van der Waals surface area (Å²) >= 11 is 0. The van der Waals surface area contributed by atoms with E-state index in [9.17, 15) is 14.3 Å². The monoisotopic (exact) mass is 422 g/mol. The van der Waals surface area contributed by atoms with Gasteiger partial charge in [-0.3, -0.25) is 4.79 Å². The van der Waals surface area contributed by atoms with E-state index in [2.05, 4.69) is 9.88 Å². The lowest BCUT2D eigenvalue weighted by molar-refractivity contribution is 0.101. The van der Waals surface area contributed by atoms with Crippen LogP contribution in [0, 0.1) is 5.82 Å². The molecule has 6 nitrogen and oxygen atoms in total. The van der Waals surface area contributed by atoms with Gasteiger partial charge in [-0.25, -0.2) is 9.37 Å². The van der Waals surface area contributed by atoms with Crippen molar-refractivity contribution in [2.24, 2.45) is 0 Å². The molecule has 1 aliphatic heterocycles. The highest BCUT2D eigenvalue weighted by Crippen LogP contribution is 2.32. The van der Waals surface area contributed by atoms with Gasteiger partial charge in [-0.2, -0.15) is 0 Å². The summed E-state index contributed by atoms with van der Waals surface area (Å²) in [6.07, 6.45) is 2.54. The fourth-order valence-electron chi connectivity index (χ4n) is 3.62. The number of anilines is 1. The molecule has 7 heteroatoms. The third kappa shape index (κ3) is 4.83. The fraction of sp³-hybridized carbons (Fsp3) is 0.250.